The Bertz CT molecular complexity index is 473. The number of rotatable bonds is 4. The number of hydrogen-bond acceptors (Lipinski definition) is 3. The van der Waals surface area contributed by atoms with E-state index < -0.39 is 10.0 Å². The summed E-state index contributed by atoms with van der Waals surface area (Å²) in [5, 5.41) is 8.93. The van der Waals surface area contributed by atoms with Crippen LogP contribution in [-0.2, 0) is 16.6 Å². The molecule has 0 unspecified atom stereocenters. The molecule has 0 saturated heterocycles. The summed E-state index contributed by atoms with van der Waals surface area (Å²) in [6, 6.07) is 1.52. The molecule has 0 aromatic carbocycles. The number of aromatic nitrogens is 1. The fourth-order valence-corrected chi connectivity index (χ4v) is 3.67. The average Bonchev–Trinajstić information content (AvgIpc) is 2.70. The molecule has 1 aromatic heterocycles. The van der Waals surface area contributed by atoms with Crippen LogP contribution in [0, 0.1) is 0 Å². The van der Waals surface area contributed by atoms with E-state index >= 15 is 0 Å². The van der Waals surface area contributed by atoms with Crippen LogP contribution < -0.4 is 4.72 Å². The highest BCUT2D eigenvalue weighted by atomic mass is 32.2. The smallest absolute Gasteiger partial charge is 0.242 e. The number of hydrogen-bond donors (Lipinski definition) is 3. The van der Waals surface area contributed by atoms with Crippen molar-refractivity contribution in [3.8, 4) is 0 Å². The van der Waals surface area contributed by atoms with Gasteiger partial charge in [0, 0.05) is 17.9 Å². The standard InChI is InChI=1S/C12H20N2O3S/c15-9-11-7-12(8-13-11)18(16,17)14-10-5-3-1-2-4-6-10/h7-8,10,13-15H,1-6,9H2. The maximum absolute atomic E-state index is 12.1. The van der Waals surface area contributed by atoms with Gasteiger partial charge >= 0.3 is 0 Å². The second kappa shape index (κ2) is 5.86. The lowest BCUT2D eigenvalue weighted by molar-refractivity contribution is 0.277. The van der Waals surface area contributed by atoms with Crippen LogP contribution in [0.5, 0.6) is 0 Å². The third kappa shape index (κ3) is 3.34. The van der Waals surface area contributed by atoms with Gasteiger partial charge in [0.15, 0.2) is 0 Å². The van der Waals surface area contributed by atoms with E-state index in [0.717, 1.165) is 25.7 Å². The lowest BCUT2D eigenvalue weighted by Gasteiger charge is -2.15. The van der Waals surface area contributed by atoms with Crippen molar-refractivity contribution >= 4 is 10.0 Å². The first-order chi connectivity index (χ1) is 8.62. The second-order valence-corrected chi connectivity index (χ2v) is 6.54. The third-order valence-corrected chi connectivity index (χ3v) is 4.87. The van der Waals surface area contributed by atoms with Gasteiger partial charge in [0.05, 0.1) is 11.5 Å². The zero-order valence-corrected chi connectivity index (χ0v) is 11.2. The Labute approximate surface area is 108 Å². The van der Waals surface area contributed by atoms with Gasteiger partial charge in [-0.1, -0.05) is 25.7 Å². The van der Waals surface area contributed by atoms with Crippen molar-refractivity contribution in [2.75, 3.05) is 0 Å². The van der Waals surface area contributed by atoms with Crippen LogP contribution in [-0.4, -0.2) is 24.6 Å². The van der Waals surface area contributed by atoms with Crippen molar-refractivity contribution in [3.63, 3.8) is 0 Å². The van der Waals surface area contributed by atoms with E-state index in [1.54, 1.807) is 0 Å². The van der Waals surface area contributed by atoms with Gasteiger partial charge in [-0.25, -0.2) is 13.1 Å². The minimum absolute atomic E-state index is 0.0463. The number of H-pyrrole nitrogens is 1. The molecule has 102 valence electrons. The predicted octanol–water partition coefficient (Wildman–Crippen LogP) is 1.51. The number of sulfonamides is 1. The molecule has 3 N–H and O–H groups in total. The van der Waals surface area contributed by atoms with Crippen molar-refractivity contribution in [3.05, 3.63) is 18.0 Å². The molecule has 0 aliphatic heterocycles. The van der Waals surface area contributed by atoms with Crippen molar-refractivity contribution in [2.24, 2.45) is 0 Å². The summed E-state index contributed by atoms with van der Waals surface area (Å²) < 4.78 is 27.0. The summed E-state index contributed by atoms with van der Waals surface area (Å²) >= 11 is 0. The molecular weight excluding hydrogens is 252 g/mol. The first-order valence-corrected chi connectivity index (χ1v) is 7.90. The minimum Gasteiger partial charge on any atom is -0.390 e. The van der Waals surface area contributed by atoms with E-state index in [1.165, 1.54) is 25.1 Å². The van der Waals surface area contributed by atoms with Crippen LogP contribution in [0.3, 0.4) is 0 Å². The van der Waals surface area contributed by atoms with Crippen LogP contribution in [0.25, 0.3) is 0 Å². The molecule has 1 fully saturated rings. The van der Waals surface area contributed by atoms with Crippen LogP contribution in [0.4, 0.5) is 0 Å². The topological polar surface area (TPSA) is 82.2 Å². The first kappa shape index (κ1) is 13.6. The molecule has 5 nitrogen and oxygen atoms in total. The SMILES string of the molecule is O=S(=O)(NC1CCCCCC1)c1c[nH]c(CO)c1. The highest BCUT2D eigenvalue weighted by molar-refractivity contribution is 7.89. The number of nitrogens with one attached hydrogen (secondary N) is 2. The molecule has 0 spiro atoms. The Morgan fingerprint density at radius 1 is 1.28 bits per heavy atom. The van der Waals surface area contributed by atoms with E-state index in [4.69, 9.17) is 5.11 Å². The van der Waals surface area contributed by atoms with Gasteiger partial charge < -0.3 is 10.1 Å². The zero-order valence-electron chi connectivity index (χ0n) is 10.4. The lowest BCUT2D eigenvalue weighted by Crippen LogP contribution is -2.34. The van der Waals surface area contributed by atoms with E-state index in [0.29, 0.717) is 5.69 Å². The molecule has 1 heterocycles. The molecule has 0 amide bonds. The van der Waals surface area contributed by atoms with Crippen molar-refractivity contribution in [1.82, 2.24) is 9.71 Å². The maximum atomic E-state index is 12.1. The van der Waals surface area contributed by atoms with Crippen molar-refractivity contribution < 1.29 is 13.5 Å². The minimum atomic E-state index is -3.46. The van der Waals surface area contributed by atoms with E-state index in [1.807, 2.05) is 0 Å². The van der Waals surface area contributed by atoms with Gasteiger partial charge in [0.1, 0.15) is 0 Å². The number of aliphatic hydroxyl groups is 1. The zero-order chi connectivity index (χ0) is 13.0. The molecule has 1 aliphatic rings. The van der Waals surface area contributed by atoms with Gasteiger partial charge in [0.2, 0.25) is 10.0 Å². The van der Waals surface area contributed by atoms with E-state index in [-0.39, 0.29) is 17.5 Å². The Morgan fingerprint density at radius 3 is 2.50 bits per heavy atom. The van der Waals surface area contributed by atoms with Crippen molar-refractivity contribution in [1.29, 1.82) is 0 Å². The van der Waals surface area contributed by atoms with Crippen LogP contribution >= 0.6 is 0 Å². The molecule has 0 bridgehead atoms. The maximum Gasteiger partial charge on any atom is 0.242 e. The van der Waals surface area contributed by atoms with Gasteiger partial charge in [-0.15, -0.1) is 0 Å². The Hall–Kier alpha value is -0.850. The molecule has 1 aliphatic carbocycles. The second-order valence-electron chi connectivity index (χ2n) is 4.83. The Kier molecular flexibility index (Phi) is 4.42. The highest BCUT2D eigenvalue weighted by Crippen LogP contribution is 2.19. The summed E-state index contributed by atoms with van der Waals surface area (Å²) in [4.78, 5) is 2.95. The average molecular weight is 272 g/mol. The number of aromatic amines is 1. The van der Waals surface area contributed by atoms with Crippen LogP contribution in [0.15, 0.2) is 17.2 Å². The van der Waals surface area contributed by atoms with Gasteiger partial charge in [-0.3, -0.25) is 0 Å². The summed E-state index contributed by atoms with van der Waals surface area (Å²) in [5.41, 5.74) is 0.510. The number of aliphatic hydroxyl groups excluding tert-OH is 1. The monoisotopic (exact) mass is 272 g/mol. The predicted molar refractivity (Wildman–Crippen MR) is 68.5 cm³/mol. The van der Waals surface area contributed by atoms with Crippen molar-refractivity contribution in [2.45, 2.75) is 56.1 Å². The quantitative estimate of drug-likeness (QED) is 0.727. The lowest BCUT2D eigenvalue weighted by atomic mass is 10.1. The molecule has 1 aromatic rings. The summed E-state index contributed by atoms with van der Waals surface area (Å²) in [6.45, 7) is -0.182. The van der Waals surface area contributed by atoms with Gasteiger partial charge in [0.25, 0.3) is 0 Å². The molecule has 18 heavy (non-hydrogen) atoms. The van der Waals surface area contributed by atoms with Crippen LogP contribution in [0.2, 0.25) is 0 Å². The normalized spacial score (nSPS) is 18.7. The molecule has 0 atom stereocenters. The largest absolute Gasteiger partial charge is 0.390 e. The Morgan fingerprint density at radius 2 is 1.94 bits per heavy atom. The molecule has 1 saturated carbocycles. The van der Waals surface area contributed by atoms with E-state index in [2.05, 4.69) is 9.71 Å². The third-order valence-electron chi connectivity index (χ3n) is 3.37. The summed E-state index contributed by atoms with van der Waals surface area (Å²) in [7, 11) is -3.46. The van der Waals surface area contributed by atoms with Gasteiger partial charge in [-0.2, -0.15) is 0 Å². The van der Waals surface area contributed by atoms with Gasteiger partial charge in [-0.05, 0) is 18.9 Å². The molecular formula is C12H20N2O3S. The molecule has 2 rings (SSSR count). The molecule has 0 radical (unpaired) electrons. The van der Waals surface area contributed by atoms with E-state index in [9.17, 15) is 8.42 Å². The summed E-state index contributed by atoms with van der Waals surface area (Å²) in [5.74, 6) is 0. The fourth-order valence-electron chi connectivity index (χ4n) is 2.35. The summed E-state index contributed by atoms with van der Waals surface area (Å²) in [6.07, 6.45) is 7.80. The Balaban J connectivity index is 2.06. The highest BCUT2D eigenvalue weighted by Gasteiger charge is 2.21. The first-order valence-electron chi connectivity index (χ1n) is 6.42. The fraction of sp³-hybridized carbons (Fsp3) is 0.667. The molecule has 6 heteroatoms. The van der Waals surface area contributed by atoms with Crippen LogP contribution in [0.1, 0.15) is 44.2 Å².